The van der Waals surface area contributed by atoms with Crippen LogP contribution >= 0.6 is 0 Å². The Hall–Kier alpha value is 0.314. The average Bonchev–Trinajstić information content (AvgIpc) is 2.22. The summed E-state index contributed by atoms with van der Waals surface area (Å²) < 4.78 is 16.6. The van der Waals surface area contributed by atoms with Crippen LogP contribution < -0.4 is 0 Å². The van der Waals surface area contributed by atoms with E-state index in [9.17, 15) is 0 Å². The van der Waals surface area contributed by atoms with Gasteiger partial charge in [0.25, 0.3) is 0 Å². The summed E-state index contributed by atoms with van der Waals surface area (Å²) in [7, 11) is 1.89. The van der Waals surface area contributed by atoms with Gasteiger partial charge in [-0.25, -0.2) is 0 Å². The summed E-state index contributed by atoms with van der Waals surface area (Å²) >= 11 is 0. The third kappa shape index (κ3) is 7.24. The summed E-state index contributed by atoms with van der Waals surface area (Å²) in [4.78, 5) is 0. The normalized spacial score (nSPS) is 14.6. The van der Waals surface area contributed by atoms with Gasteiger partial charge in [0.1, 0.15) is 0 Å². The largest absolute Gasteiger partial charge is 0.422 e. The van der Waals surface area contributed by atoms with Crippen molar-refractivity contribution < 1.29 is 13.3 Å². The van der Waals surface area contributed by atoms with Crippen LogP contribution in [0.4, 0.5) is 0 Å². The molecule has 0 aliphatic rings. The molecule has 0 aromatic rings. The van der Waals surface area contributed by atoms with Crippen molar-refractivity contribution in [3.63, 3.8) is 0 Å². The molecule has 0 aliphatic heterocycles. The van der Waals surface area contributed by atoms with Gasteiger partial charge in [-0.05, 0) is 20.3 Å². The Morgan fingerprint density at radius 2 is 1.80 bits per heavy atom. The number of rotatable bonds is 9. The van der Waals surface area contributed by atoms with Crippen molar-refractivity contribution in [2.45, 2.75) is 51.3 Å². The zero-order valence-corrected chi connectivity index (χ0v) is 13.1. The molecule has 1 atom stereocenters. The minimum absolute atomic E-state index is 0.345. The van der Waals surface area contributed by atoms with Crippen LogP contribution in [0.3, 0.4) is 0 Å². The van der Waals surface area contributed by atoms with Gasteiger partial charge in [0.05, 0.1) is 0 Å². The van der Waals surface area contributed by atoms with Gasteiger partial charge in [-0.1, -0.05) is 19.8 Å². The lowest BCUT2D eigenvalue weighted by atomic mass is 10.3. The minimum atomic E-state index is -1.09. The maximum absolute atomic E-state index is 5.79. The quantitative estimate of drug-likeness (QED) is 0.583. The van der Waals surface area contributed by atoms with Crippen molar-refractivity contribution in [3.8, 4) is 0 Å². The lowest BCUT2D eigenvalue weighted by molar-refractivity contribution is 0.239. The van der Waals surface area contributed by atoms with E-state index < -0.39 is 19.0 Å². The highest BCUT2D eigenvalue weighted by Gasteiger charge is 2.27. The van der Waals surface area contributed by atoms with E-state index in [0.29, 0.717) is 11.3 Å². The first-order valence-electron chi connectivity index (χ1n) is 5.72. The first kappa shape index (κ1) is 15.3. The molecule has 91 valence electrons. The molecule has 0 aromatic heterocycles. The summed E-state index contributed by atoms with van der Waals surface area (Å²) in [6.07, 6.45) is 4.03. The molecule has 0 rings (SSSR count). The van der Waals surface area contributed by atoms with Crippen LogP contribution in [0, 0.1) is 0 Å². The van der Waals surface area contributed by atoms with Crippen LogP contribution in [0.2, 0.25) is 5.16 Å². The fraction of sp³-hybridized carbons (Fsp3) is 1.00. The molecule has 1 unspecified atom stereocenters. The fourth-order valence-corrected chi connectivity index (χ4v) is 5.62. The summed E-state index contributed by atoms with van der Waals surface area (Å²) in [5, 5.41) is 0.576. The molecular formula is C10H25O3Si2. The monoisotopic (exact) mass is 249 g/mol. The minimum Gasteiger partial charge on any atom is -0.422 e. The van der Waals surface area contributed by atoms with Crippen molar-refractivity contribution in [3.05, 3.63) is 0 Å². The van der Waals surface area contributed by atoms with Crippen LogP contribution in [0.1, 0.15) is 40.0 Å². The molecule has 5 heteroatoms. The van der Waals surface area contributed by atoms with Gasteiger partial charge in [-0.15, -0.1) is 0 Å². The van der Waals surface area contributed by atoms with Crippen molar-refractivity contribution in [1.29, 1.82) is 0 Å². The molecule has 0 spiro atoms. The van der Waals surface area contributed by atoms with E-state index in [0.717, 1.165) is 0 Å². The van der Waals surface area contributed by atoms with Crippen LogP contribution in [-0.4, -0.2) is 39.4 Å². The Morgan fingerprint density at radius 1 is 1.20 bits per heavy atom. The average molecular weight is 249 g/mol. The van der Waals surface area contributed by atoms with Gasteiger partial charge in [0.2, 0.25) is 0 Å². The van der Waals surface area contributed by atoms with E-state index >= 15 is 0 Å². The Balaban J connectivity index is 4.03. The second-order valence-electron chi connectivity index (χ2n) is 3.95. The van der Waals surface area contributed by atoms with Crippen molar-refractivity contribution in [1.82, 2.24) is 0 Å². The summed E-state index contributed by atoms with van der Waals surface area (Å²) in [5.41, 5.74) is 0. The van der Waals surface area contributed by atoms with E-state index in [1.54, 1.807) is 14.2 Å². The van der Waals surface area contributed by atoms with Gasteiger partial charge in [0, 0.05) is 25.5 Å². The molecule has 0 aromatic carbocycles. The summed E-state index contributed by atoms with van der Waals surface area (Å²) in [5.74, 6) is 0. The van der Waals surface area contributed by atoms with Gasteiger partial charge in [0.15, 0.2) is 9.76 Å². The molecule has 0 saturated carbocycles. The zero-order valence-electron chi connectivity index (χ0n) is 10.7. The highest BCUT2D eigenvalue weighted by Crippen LogP contribution is 2.19. The predicted molar refractivity (Wildman–Crippen MR) is 67.8 cm³/mol. The Kier molecular flexibility index (Phi) is 9.73. The Morgan fingerprint density at radius 3 is 2.20 bits per heavy atom. The van der Waals surface area contributed by atoms with Gasteiger partial charge >= 0.3 is 9.28 Å². The molecule has 0 heterocycles. The lowest BCUT2D eigenvalue weighted by Gasteiger charge is -2.21. The third-order valence-corrected chi connectivity index (χ3v) is 7.20. The molecule has 0 aliphatic carbocycles. The standard InChI is InChI=1S/C10H25O3Si2/c1-6-7-8-10(14-13-9(2)3)15(11-4)12-5/h9-10H,6-8,14H2,1-5H3. The van der Waals surface area contributed by atoms with E-state index in [1.807, 2.05) is 0 Å². The first-order chi connectivity index (χ1) is 7.15. The Labute approximate surface area is 98.3 Å². The van der Waals surface area contributed by atoms with Gasteiger partial charge in [-0.3, -0.25) is 0 Å². The molecular weight excluding hydrogens is 224 g/mol. The van der Waals surface area contributed by atoms with Crippen molar-refractivity contribution in [2.24, 2.45) is 0 Å². The third-order valence-electron chi connectivity index (χ3n) is 2.27. The maximum Gasteiger partial charge on any atom is 0.386 e. The topological polar surface area (TPSA) is 27.7 Å². The number of unbranched alkanes of at least 4 members (excludes halogenated alkanes) is 1. The van der Waals surface area contributed by atoms with E-state index in [1.165, 1.54) is 19.3 Å². The first-order valence-corrected chi connectivity index (χ1v) is 8.50. The van der Waals surface area contributed by atoms with Gasteiger partial charge in [-0.2, -0.15) is 0 Å². The number of hydrogen-bond acceptors (Lipinski definition) is 3. The fourth-order valence-electron chi connectivity index (χ4n) is 1.45. The summed E-state index contributed by atoms with van der Waals surface area (Å²) in [6.45, 7) is 6.40. The van der Waals surface area contributed by atoms with E-state index in [4.69, 9.17) is 13.3 Å². The predicted octanol–water partition coefficient (Wildman–Crippen LogP) is 1.79. The van der Waals surface area contributed by atoms with E-state index in [2.05, 4.69) is 20.8 Å². The van der Waals surface area contributed by atoms with Crippen molar-refractivity contribution in [2.75, 3.05) is 14.2 Å². The van der Waals surface area contributed by atoms with Crippen LogP contribution in [-0.2, 0) is 13.3 Å². The smallest absolute Gasteiger partial charge is 0.386 e. The van der Waals surface area contributed by atoms with Crippen molar-refractivity contribution >= 4 is 19.0 Å². The summed E-state index contributed by atoms with van der Waals surface area (Å²) in [6, 6.07) is 0. The molecule has 0 saturated heterocycles. The molecule has 0 fully saturated rings. The molecule has 0 amide bonds. The molecule has 1 radical (unpaired) electrons. The SMILES string of the molecule is CCCCC([SiH2]OC(C)C)[Si](OC)OC. The second kappa shape index (κ2) is 9.53. The van der Waals surface area contributed by atoms with Crippen LogP contribution in [0.15, 0.2) is 0 Å². The molecule has 0 bridgehead atoms. The highest BCUT2D eigenvalue weighted by atomic mass is 28.3. The Bertz CT molecular complexity index is 141. The van der Waals surface area contributed by atoms with Gasteiger partial charge < -0.3 is 13.3 Å². The molecule has 15 heavy (non-hydrogen) atoms. The highest BCUT2D eigenvalue weighted by molar-refractivity contribution is 6.61. The van der Waals surface area contributed by atoms with Crippen LogP contribution in [0.25, 0.3) is 0 Å². The van der Waals surface area contributed by atoms with Crippen LogP contribution in [0.5, 0.6) is 0 Å². The van der Waals surface area contributed by atoms with E-state index in [-0.39, 0.29) is 0 Å². The molecule has 0 N–H and O–H groups in total. The maximum atomic E-state index is 5.79. The molecule has 3 nitrogen and oxygen atoms in total. The second-order valence-corrected chi connectivity index (χ2v) is 8.69. The number of hydrogen-bond donors (Lipinski definition) is 0. The lowest BCUT2D eigenvalue weighted by Crippen LogP contribution is -2.32. The zero-order chi connectivity index (χ0) is 11.7.